The fraction of sp³-hybridized carbons (Fsp3) is 0.486. The van der Waals surface area contributed by atoms with Gasteiger partial charge in [0.05, 0.1) is 25.9 Å². The molecule has 2 heterocycles. The van der Waals surface area contributed by atoms with Gasteiger partial charge in [-0.15, -0.1) is 0 Å². The Morgan fingerprint density at radius 1 is 1.11 bits per heavy atom. The number of ether oxygens (including phenoxy) is 6. The van der Waals surface area contributed by atoms with Crippen LogP contribution in [0.5, 0.6) is 11.5 Å². The van der Waals surface area contributed by atoms with Crippen molar-refractivity contribution in [2.75, 3.05) is 19.1 Å². The second kappa shape index (κ2) is 14.6. The van der Waals surface area contributed by atoms with Gasteiger partial charge in [0, 0.05) is 38.6 Å². The van der Waals surface area contributed by atoms with Crippen LogP contribution in [-0.4, -0.2) is 74.9 Å². The molecule has 5 atom stereocenters. The number of anilines is 1. The standard InChI is InChI=1S/C35H43BFNO9/c1-20(21(2)39)16-26(37)30(43-19-22-12-14-25(42-8)15-13-22)31-27(44-34(3,4)46-31)11-9-10-23-17-24(38(7)33(36)41)18-28-29(23)32(40)47-35(5,6)45-28/h9-10,12-18,20-21,27,30-31,39H,11,19H2,1-8H3/b10-9+,26-16+/t20-,21+,27+,30-,31+/m1/s1. The zero-order valence-corrected chi connectivity index (χ0v) is 28.1. The number of carbonyl (C=O) groups is 2. The Balaban J connectivity index is 1.65. The quantitative estimate of drug-likeness (QED) is 0.215. The SMILES string of the molecule is [B]C(=O)N(C)c1cc(/C=C/C[C@@H]2OC(C)(C)O[C@@H]2[C@H](OCc2ccc(OC)cc2)/C(F)=C\[C@@H](C)[C@H](C)O)c2c(c1)OC(C)(C)OC2=O. The number of amides is 1. The summed E-state index contributed by atoms with van der Waals surface area (Å²) in [5, 5.41) is 10.0. The lowest BCUT2D eigenvalue weighted by atomic mass is 9.98. The first-order valence-electron chi connectivity index (χ1n) is 15.5. The molecule has 0 saturated carbocycles. The van der Waals surface area contributed by atoms with E-state index in [2.05, 4.69) is 0 Å². The predicted molar refractivity (Wildman–Crippen MR) is 175 cm³/mol. The van der Waals surface area contributed by atoms with Gasteiger partial charge in [-0.25, -0.2) is 9.18 Å². The van der Waals surface area contributed by atoms with Gasteiger partial charge in [0.15, 0.2) is 11.6 Å². The van der Waals surface area contributed by atoms with E-state index in [0.29, 0.717) is 17.0 Å². The molecule has 1 N–H and O–H groups in total. The van der Waals surface area contributed by atoms with Crippen LogP contribution in [0.4, 0.5) is 14.9 Å². The minimum Gasteiger partial charge on any atom is -0.497 e. The molecule has 1 fully saturated rings. The van der Waals surface area contributed by atoms with Crippen molar-refractivity contribution in [1.29, 1.82) is 0 Å². The fourth-order valence-corrected chi connectivity index (χ4v) is 5.29. The molecule has 4 rings (SSSR count). The molecule has 2 aliphatic heterocycles. The van der Waals surface area contributed by atoms with Crippen LogP contribution in [0.2, 0.25) is 0 Å². The Morgan fingerprint density at radius 2 is 1.79 bits per heavy atom. The van der Waals surface area contributed by atoms with Gasteiger partial charge in [-0.2, -0.15) is 0 Å². The molecule has 10 nitrogen and oxygen atoms in total. The smallest absolute Gasteiger partial charge is 0.345 e. The normalized spacial score (nSPS) is 22.2. The van der Waals surface area contributed by atoms with Crippen LogP contribution in [0.3, 0.4) is 0 Å². The lowest BCUT2D eigenvalue weighted by Crippen LogP contribution is -2.39. The maximum atomic E-state index is 16.0. The van der Waals surface area contributed by atoms with Crippen molar-refractivity contribution in [2.45, 2.75) is 90.6 Å². The number of hydrogen-bond donors (Lipinski definition) is 1. The van der Waals surface area contributed by atoms with Crippen molar-refractivity contribution in [3.05, 3.63) is 71.1 Å². The number of nitrogens with zero attached hydrogens (tertiary/aromatic N) is 1. The van der Waals surface area contributed by atoms with Crippen LogP contribution in [-0.2, 0) is 25.6 Å². The Labute approximate surface area is 276 Å². The van der Waals surface area contributed by atoms with Crippen LogP contribution < -0.4 is 14.4 Å². The lowest BCUT2D eigenvalue weighted by molar-refractivity contribution is -0.158. The first-order chi connectivity index (χ1) is 22.0. The van der Waals surface area contributed by atoms with E-state index < -0.39 is 59.5 Å². The molecule has 47 heavy (non-hydrogen) atoms. The summed E-state index contributed by atoms with van der Waals surface area (Å²) in [5.74, 6) is -3.72. The molecule has 2 aromatic rings. The van der Waals surface area contributed by atoms with Crippen LogP contribution >= 0.6 is 0 Å². The lowest BCUT2D eigenvalue weighted by Gasteiger charge is -2.33. The van der Waals surface area contributed by atoms with Gasteiger partial charge in [-0.1, -0.05) is 31.2 Å². The van der Waals surface area contributed by atoms with Gasteiger partial charge in [0.2, 0.25) is 13.6 Å². The van der Waals surface area contributed by atoms with Gasteiger partial charge < -0.3 is 38.4 Å². The van der Waals surface area contributed by atoms with Crippen LogP contribution in [0, 0.1) is 5.92 Å². The number of hydrogen-bond acceptors (Lipinski definition) is 9. The number of methoxy groups -OCH3 is 1. The van der Waals surface area contributed by atoms with Crippen molar-refractivity contribution in [3.8, 4) is 11.5 Å². The van der Waals surface area contributed by atoms with Gasteiger partial charge in [0.1, 0.15) is 35.1 Å². The van der Waals surface area contributed by atoms with E-state index in [1.165, 1.54) is 18.0 Å². The number of aliphatic hydroxyl groups excluding tert-OH is 1. The van der Waals surface area contributed by atoms with Crippen molar-refractivity contribution < 1.29 is 47.5 Å². The van der Waals surface area contributed by atoms with E-state index in [1.54, 1.807) is 85.1 Å². The summed E-state index contributed by atoms with van der Waals surface area (Å²) in [6.45, 7) is 10.1. The van der Waals surface area contributed by atoms with E-state index in [1.807, 2.05) is 12.1 Å². The first-order valence-corrected chi connectivity index (χ1v) is 15.5. The minimum absolute atomic E-state index is 0.0760. The fourth-order valence-electron chi connectivity index (χ4n) is 5.29. The van der Waals surface area contributed by atoms with Gasteiger partial charge in [0.25, 0.3) is 0 Å². The number of esters is 1. The summed E-state index contributed by atoms with van der Waals surface area (Å²) in [4.78, 5) is 26.2. The highest BCUT2D eigenvalue weighted by Gasteiger charge is 2.47. The molecular weight excluding hydrogens is 608 g/mol. The second-order valence-corrected chi connectivity index (χ2v) is 12.7. The Kier molecular flexibility index (Phi) is 11.2. The van der Waals surface area contributed by atoms with E-state index in [-0.39, 0.29) is 24.3 Å². The summed E-state index contributed by atoms with van der Waals surface area (Å²) >= 11 is 0. The molecule has 1 saturated heterocycles. The van der Waals surface area contributed by atoms with E-state index in [0.717, 1.165) is 5.56 Å². The molecule has 12 heteroatoms. The van der Waals surface area contributed by atoms with Crippen molar-refractivity contribution in [1.82, 2.24) is 0 Å². The summed E-state index contributed by atoms with van der Waals surface area (Å²) < 4.78 is 51.2. The van der Waals surface area contributed by atoms with Gasteiger partial charge >= 0.3 is 5.97 Å². The zero-order chi connectivity index (χ0) is 34.7. The summed E-state index contributed by atoms with van der Waals surface area (Å²) in [7, 11) is 8.59. The maximum absolute atomic E-state index is 16.0. The summed E-state index contributed by atoms with van der Waals surface area (Å²) in [6.07, 6.45) is 1.53. The predicted octanol–water partition coefficient (Wildman–Crippen LogP) is 6.08. The minimum atomic E-state index is -1.22. The molecule has 2 radical (unpaired) electrons. The molecule has 1 amide bonds. The topological polar surface area (TPSA) is 113 Å². The Bertz CT molecular complexity index is 1510. The molecule has 2 aliphatic rings. The Morgan fingerprint density at radius 3 is 2.40 bits per heavy atom. The molecule has 0 bridgehead atoms. The Hall–Kier alpha value is -3.71. The highest BCUT2D eigenvalue weighted by molar-refractivity contribution is 6.60. The number of benzene rings is 2. The van der Waals surface area contributed by atoms with E-state index in [9.17, 15) is 14.7 Å². The van der Waals surface area contributed by atoms with Crippen molar-refractivity contribution in [2.24, 2.45) is 5.92 Å². The first kappa shape index (κ1) is 36.1. The average molecular weight is 652 g/mol. The van der Waals surface area contributed by atoms with Crippen molar-refractivity contribution >= 4 is 31.4 Å². The van der Waals surface area contributed by atoms with Crippen LogP contribution in [0.15, 0.2) is 54.4 Å². The average Bonchev–Trinajstić information content (AvgIpc) is 3.29. The van der Waals surface area contributed by atoms with E-state index >= 15 is 4.39 Å². The summed E-state index contributed by atoms with van der Waals surface area (Å²) in [5.41, 5.74) is 1.81. The van der Waals surface area contributed by atoms with Crippen molar-refractivity contribution in [3.63, 3.8) is 0 Å². The van der Waals surface area contributed by atoms with E-state index in [4.69, 9.17) is 36.3 Å². The molecule has 0 spiro atoms. The van der Waals surface area contributed by atoms with Crippen LogP contribution in [0.25, 0.3) is 6.08 Å². The number of rotatable bonds is 12. The number of fused-ring (bicyclic) bond motifs is 1. The largest absolute Gasteiger partial charge is 0.497 e. The molecular formula is C35H43BFNO9. The van der Waals surface area contributed by atoms with Gasteiger partial charge in [-0.05, 0) is 62.6 Å². The third kappa shape index (κ3) is 9.01. The molecule has 0 aromatic heterocycles. The monoisotopic (exact) mass is 651 g/mol. The number of halogens is 1. The molecule has 0 aliphatic carbocycles. The molecule has 252 valence electrons. The number of carbonyl (C=O) groups excluding carboxylic acids is 2. The third-order valence-electron chi connectivity index (χ3n) is 7.96. The van der Waals surface area contributed by atoms with Crippen LogP contribution in [0.1, 0.15) is 69.4 Å². The number of aliphatic hydroxyl groups is 1. The highest BCUT2D eigenvalue weighted by Crippen LogP contribution is 2.39. The molecule has 2 aromatic carbocycles. The molecule has 0 unspecified atom stereocenters. The number of cyclic esters (lactones) is 1. The maximum Gasteiger partial charge on any atom is 0.345 e. The third-order valence-corrected chi connectivity index (χ3v) is 7.96. The zero-order valence-electron chi connectivity index (χ0n) is 28.1. The summed E-state index contributed by atoms with van der Waals surface area (Å²) in [6, 6.07) is 10.4. The second-order valence-electron chi connectivity index (χ2n) is 12.7. The highest BCUT2D eigenvalue weighted by atomic mass is 19.1. The van der Waals surface area contributed by atoms with Gasteiger partial charge in [-0.3, -0.25) is 4.79 Å².